The maximum atomic E-state index is 12.6. The molecule has 0 saturated carbocycles. The van der Waals surface area contributed by atoms with Gasteiger partial charge < -0.3 is 20.8 Å². The Morgan fingerprint density at radius 2 is 1.02 bits per heavy atom. The van der Waals surface area contributed by atoms with Crippen LogP contribution < -0.4 is 10.6 Å². The molecule has 0 heterocycles. The van der Waals surface area contributed by atoms with E-state index in [-0.39, 0.29) is 28.1 Å². The number of nitrogens with one attached hydrogen (secondary N) is 2. The number of hydrogen-bond acceptors (Lipinski definition) is 4. The van der Waals surface area contributed by atoms with Crippen molar-refractivity contribution in [3.05, 3.63) is 57.6 Å². The molecular formula is C37H58N2O4. The number of hydrogen-bond donors (Lipinski definition) is 4. The van der Waals surface area contributed by atoms with E-state index >= 15 is 0 Å². The second-order valence-corrected chi connectivity index (χ2v) is 15.6. The van der Waals surface area contributed by atoms with Gasteiger partial charge in [-0.1, -0.05) is 100 Å². The maximum absolute atomic E-state index is 12.6. The van der Waals surface area contributed by atoms with Gasteiger partial charge in [-0.15, -0.1) is 0 Å². The Balaban J connectivity index is 1.83. The zero-order valence-electron chi connectivity index (χ0n) is 28.8. The van der Waals surface area contributed by atoms with Gasteiger partial charge in [0.05, 0.1) is 0 Å². The van der Waals surface area contributed by atoms with Crippen LogP contribution in [-0.2, 0) is 45.1 Å². The molecule has 2 aromatic rings. The Morgan fingerprint density at radius 1 is 0.651 bits per heavy atom. The summed E-state index contributed by atoms with van der Waals surface area (Å²) in [5.74, 6) is 1.12. The Labute approximate surface area is 261 Å². The van der Waals surface area contributed by atoms with Gasteiger partial charge in [-0.3, -0.25) is 9.59 Å². The molecule has 0 bridgehead atoms. The van der Waals surface area contributed by atoms with Crippen molar-refractivity contribution in [2.45, 2.75) is 131 Å². The number of aromatic hydroxyl groups is 2. The number of benzene rings is 2. The minimum Gasteiger partial charge on any atom is -0.507 e. The average Bonchev–Trinajstić information content (AvgIpc) is 2.85. The van der Waals surface area contributed by atoms with Crippen molar-refractivity contribution < 1.29 is 19.8 Å². The summed E-state index contributed by atoms with van der Waals surface area (Å²) in [5, 5.41) is 27.7. The third-order valence-electron chi connectivity index (χ3n) is 7.75. The fraction of sp³-hybridized carbons (Fsp3) is 0.622. The summed E-state index contributed by atoms with van der Waals surface area (Å²) in [6, 6.07) is 8.13. The maximum Gasteiger partial charge on any atom is 0.220 e. The highest BCUT2D eigenvalue weighted by molar-refractivity contribution is 5.77. The number of amides is 2. The lowest BCUT2D eigenvalue weighted by Crippen LogP contribution is -2.30. The van der Waals surface area contributed by atoms with Gasteiger partial charge in [0.2, 0.25) is 11.8 Å². The van der Waals surface area contributed by atoms with E-state index in [1.807, 2.05) is 24.3 Å². The SMILES string of the molecule is CC(C)Cc1cc(CCC(=O)NCCCNC(=O)CCc2cc(C(C)(C)C)c(O)c(C(C)(C)C)c2)cc(C(C)(C)C)c1O. The van der Waals surface area contributed by atoms with E-state index in [1.165, 1.54) is 0 Å². The Hall–Kier alpha value is -3.02. The molecule has 6 nitrogen and oxygen atoms in total. The molecule has 2 rings (SSSR count). The fourth-order valence-corrected chi connectivity index (χ4v) is 5.29. The molecule has 240 valence electrons. The van der Waals surface area contributed by atoms with Crippen molar-refractivity contribution in [3.8, 4) is 11.5 Å². The van der Waals surface area contributed by atoms with Gasteiger partial charge in [0, 0.05) is 25.9 Å². The first-order valence-corrected chi connectivity index (χ1v) is 16.0. The molecule has 0 aliphatic heterocycles. The van der Waals surface area contributed by atoms with E-state index < -0.39 is 0 Å². The molecule has 4 N–H and O–H groups in total. The van der Waals surface area contributed by atoms with Crippen LogP contribution in [0.15, 0.2) is 24.3 Å². The van der Waals surface area contributed by atoms with Gasteiger partial charge in [0.15, 0.2) is 0 Å². The normalized spacial score (nSPS) is 12.5. The summed E-state index contributed by atoms with van der Waals surface area (Å²) in [5.41, 5.74) is 5.20. The van der Waals surface area contributed by atoms with Gasteiger partial charge in [0.25, 0.3) is 0 Å². The lowest BCUT2D eigenvalue weighted by atomic mass is 9.78. The zero-order chi connectivity index (χ0) is 32.8. The Morgan fingerprint density at radius 3 is 1.40 bits per heavy atom. The molecule has 0 aliphatic carbocycles. The molecule has 0 aliphatic rings. The smallest absolute Gasteiger partial charge is 0.220 e. The summed E-state index contributed by atoms with van der Waals surface area (Å²) in [4.78, 5) is 25.1. The molecule has 0 spiro atoms. The monoisotopic (exact) mass is 594 g/mol. The van der Waals surface area contributed by atoms with Crippen LogP contribution >= 0.6 is 0 Å². The first-order valence-electron chi connectivity index (χ1n) is 16.0. The lowest BCUT2D eigenvalue weighted by Gasteiger charge is -2.28. The van der Waals surface area contributed by atoms with Gasteiger partial charge in [-0.05, 0) is 81.2 Å². The van der Waals surface area contributed by atoms with Crippen LogP contribution in [0.3, 0.4) is 0 Å². The van der Waals surface area contributed by atoms with E-state index in [4.69, 9.17) is 0 Å². The topological polar surface area (TPSA) is 98.7 Å². The summed E-state index contributed by atoms with van der Waals surface area (Å²) in [6.45, 7) is 24.1. The second-order valence-electron chi connectivity index (χ2n) is 15.6. The van der Waals surface area contributed by atoms with E-state index in [0.717, 1.165) is 39.8 Å². The van der Waals surface area contributed by atoms with Crippen molar-refractivity contribution in [1.82, 2.24) is 10.6 Å². The number of carbonyl (C=O) groups is 2. The minimum absolute atomic E-state index is 0.0150. The molecule has 0 unspecified atom stereocenters. The van der Waals surface area contributed by atoms with Gasteiger partial charge in [0.1, 0.15) is 11.5 Å². The molecule has 6 heteroatoms. The fourth-order valence-electron chi connectivity index (χ4n) is 5.29. The standard InChI is InChI=1S/C37H58N2O4/c1-24(2)19-27-20-25(21-28(33(27)42)35(3,4)5)13-15-31(40)38-17-12-18-39-32(41)16-14-26-22-29(36(6,7)8)34(43)30(23-26)37(9,10)11/h20-24,42-43H,12-19H2,1-11H3,(H,38,40)(H,39,41). The van der Waals surface area contributed by atoms with Crippen molar-refractivity contribution >= 4 is 11.8 Å². The summed E-state index contributed by atoms with van der Waals surface area (Å²) < 4.78 is 0. The number of aryl methyl sites for hydroxylation is 2. The first kappa shape index (κ1) is 36.2. The summed E-state index contributed by atoms with van der Waals surface area (Å²) >= 11 is 0. The van der Waals surface area contributed by atoms with Crippen LogP contribution in [0.2, 0.25) is 0 Å². The number of carbonyl (C=O) groups excluding carboxylic acids is 2. The van der Waals surface area contributed by atoms with Crippen molar-refractivity contribution in [2.75, 3.05) is 13.1 Å². The second kappa shape index (κ2) is 14.6. The number of rotatable bonds is 12. The van der Waals surface area contributed by atoms with Crippen LogP contribution in [0.25, 0.3) is 0 Å². The van der Waals surface area contributed by atoms with Crippen LogP contribution in [0.5, 0.6) is 11.5 Å². The summed E-state index contributed by atoms with van der Waals surface area (Å²) in [6.07, 6.45) is 3.41. The van der Waals surface area contributed by atoms with Gasteiger partial charge in [-0.25, -0.2) is 0 Å². The number of phenols is 2. The first-order chi connectivity index (χ1) is 19.7. The predicted octanol–water partition coefficient (Wildman–Crippen LogP) is 7.38. The molecule has 2 aromatic carbocycles. The predicted molar refractivity (Wildman–Crippen MR) is 178 cm³/mol. The van der Waals surface area contributed by atoms with Crippen molar-refractivity contribution in [1.29, 1.82) is 0 Å². The quantitative estimate of drug-likeness (QED) is 0.193. The molecule has 2 amide bonds. The highest BCUT2D eigenvalue weighted by atomic mass is 16.3. The van der Waals surface area contributed by atoms with Gasteiger partial charge in [-0.2, -0.15) is 0 Å². The van der Waals surface area contributed by atoms with Crippen molar-refractivity contribution in [2.24, 2.45) is 5.92 Å². The van der Waals surface area contributed by atoms with E-state index in [9.17, 15) is 19.8 Å². The third-order valence-corrected chi connectivity index (χ3v) is 7.75. The van der Waals surface area contributed by atoms with Crippen LogP contribution in [-0.4, -0.2) is 35.1 Å². The Bertz CT molecular complexity index is 1220. The molecule has 0 atom stereocenters. The zero-order valence-corrected chi connectivity index (χ0v) is 28.8. The molecule has 0 saturated heterocycles. The third kappa shape index (κ3) is 11.2. The minimum atomic E-state index is -0.205. The average molecular weight is 595 g/mol. The molecule has 0 fully saturated rings. The molecular weight excluding hydrogens is 536 g/mol. The molecule has 0 radical (unpaired) electrons. The van der Waals surface area contributed by atoms with Crippen LogP contribution in [0.1, 0.15) is 129 Å². The highest BCUT2D eigenvalue weighted by Crippen LogP contribution is 2.40. The summed E-state index contributed by atoms with van der Waals surface area (Å²) in [7, 11) is 0. The van der Waals surface area contributed by atoms with E-state index in [2.05, 4.69) is 86.8 Å². The van der Waals surface area contributed by atoms with E-state index in [1.54, 1.807) is 0 Å². The van der Waals surface area contributed by atoms with Crippen molar-refractivity contribution in [3.63, 3.8) is 0 Å². The van der Waals surface area contributed by atoms with E-state index in [0.29, 0.717) is 62.6 Å². The van der Waals surface area contributed by atoms with Crippen LogP contribution in [0.4, 0.5) is 0 Å². The highest BCUT2D eigenvalue weighted by Gasteiger charge is 2.27. The lowest BCUT2D eigenvalue weighted by molar-refractivity contribution is -0.121. The molecule has 0 aromatic heterocycles. The number of phenolic OH excluding ortho intramolecular Hbond substituents is 2. The molecule has 43 heavy (non-hydrogen) atoms. The van der Waals surface area contributed by atoms with Gasteiger partial charge >= 0.3 is 0 Å². The van der Waals surface area contributed by atoms with Crippen LogP contribution in [0, 0.1) is 5.92 Å². The largest absolute Gasteiger partial charge is 0.507 e. The Kier molecular flexibility index (Phi) is 12.3.